The summed E-state index contributed by atoms with van der Waals surface area (Å²) in [6.07, 6.45) is 6.85. The van der Waals surface area contributed by atoms with E-state index in [4.69, 9.17) is 9.47 Å². The van der Waals surface area contributed by atoms with Crippen LogP contribution in [0, 0.1) is 6.92 Å². The summed E-state index contributed by atoms with van der Waals surface area (Å²) in [6, 6.07) is 10.1. The highest BCUT2D eigenvalue weighted by atomic mass is 16.6. The number of likely N-dealkylation sites (tertiary alicyclic amines) is 1. The molecule has 1 spiro atoms. The van der Waals surface area contributed by atoms with E-state index in [-0.39, 0.29) is 11.7 Å². The summed E-state index contributed by atoms with van der Waals surface area (Å²) in [4.78, 5) is 11.2. The molecule has 2 fully saturated rings. The van der Waals surface area contributed by atoms with Crippen LogP contribution in [0.1, 0.15) is 30.7 Å². The van der Waals surface area contributed by atoms with Gasteiger partial charge in [-0.1, -0.05) is 6.07 Å². The summed E-state index contributed by atoms with van der Waals surface area (Å²) in [5.74, 6) is 0.824. The lowest BCUT2D eigenvalue weighted by Crippen LogP contribution is -2.47. The molecule has 2 aliphatic heterocycles. The molecular formula is C20H25N3O2. The number of ether oxygens (including phenoxy) is 2. The van der Waals surface area contributed by atoms with Gasteiger partial charge in [-0.2, -0.15) is 0 Å². The van der Waals surface area contributed by atoms with Crippen LogP contribution in [0.2, 0.25) is 0 Å². The van der Waals surface area contributed by atoms with Crippen molar-refractivity contribution in [3.05, 3.63) is 54.1 Å². The number of hydrogen-bond acceptors (Lipinski definition) is 5. The number of nitrogens with zero attached hydrogens (tertiary/aromatic N) is 3. The molecule has 0 aromatic carbocycles. The minimum Gasteiger partial charge on any atom is -0.486 e. The van der Waals surface area contributed by atoms with Gasteiger partial charge in [-0.05, 0) is 50.6 Å². The van der Waals surface area contributed by atoms with Gasteiger partial charge in [-0.3, -0.25) is 14.9 Å². The summed E-state index contributed by atoms with van der Waals surface area (Å²) in [5.41, 5.74) is 2.14. The van der Waals surface area contributed by atoms with Gasteiger partial charge in [-0.15, -0.1) is 0 Å². The maximum absolute atomic E-state index is 6.25. The Morgan fingerprint density at radius 1 is 1.32 bits per heavy atom. The minimum absolute atomic E-state index is 0.0745. The second-order valence-corrected chi connectivity index (χ2v) is 7.21. The summed E-state index contributed by atoms with van der Waals surface area (Å²) in [6.45, 7) is 5.65. The molecule has 0 amide bonds. The normalized spacial score (nSPS) is 26.8. The van der Waals surface area contributed by atoms with Crippen LogP contribution in [0.4, 0.5) is 0 Å². The van der Waals surface area contributed by atoms with Crippen LogP contribution in [0.15, 0.2) is 42.7 Å². The number of aromatic nitrogens is 2. The Hall–Kier alpha value is -1.98. The van der Waals surface area contributed by atoms with Gasteiger partial charge < -0.3 is 9.47 Å². The zero-order chi connectivity index (χ0) is 17.1. The molecule has 0 radical (unpaired) electrons. The van der Waals surface area contributed by atoms with Crippen molar-refractivity contribution in [2.45, 2.75) is 44.4 Å². The predicted molar refractivity (Wildman–Crippen MR) is 95.4 cm³/mol. The van der Waals surface area contributed by atoms with Gasteiger partial charge in [0.2, 0.25) is 0 Å². The Kier molecular flexibility index (Phi) is 4.68. The summed E-state index contributed by atoms with van der Waals surface area (Å²) < 4.78 is 12.3. The molecule has 2 saturated heterocycles. The van der Waals surface area contributed by atoms with Gasteiger partial charge in [0, 0.05) is 31.4 Å². The molecule has 0 saturated carbocycles. The van der Waals surface area contributed by atoms with E-state index in [1.807, 2.05) is 25.1 Å². The molecule has 2 aromatic rings. The second-order valence-electron chi connectivity index (χ2n) is 7.21. The first kappa shape index (κ1) is 16.5. The fraction of sp³-hybridized carbons (Fsp3) is 0.500. The topological polar surface area (TPSA) is 47.5 Å². The largest absolute Gasteiger partial charge is 0.486 e. The molecule has 2 aromatic heterocycles. The van der Waals surface area contributed by atoms with Crippen molar-refractivity contribution < 1.29 is 9.47 Å². The van der Waals surface area contributed by atoms with E-state index in [1.54, 1.807) is 12.4 Å². The van der Waals surface area contributed by atoms with E-state index >= 15 is 0 Å². The Balaban J connectivity index is 1.37. The number of rotatable bonds is 4. The van der Waals surface area contributed by atoms with Crippen molar-refractivity contribution in [1.29, 1.82) is 0 Å². The first-order chi connectivity index (χ1) is 12.2. The lowest BCUT2D eigenvalue weighted by atomic mass is 9.89. The van der Waals surface area contributed by atoms with Gasteiger partial charge in [0.05, 0.1) is 24.1 Å². The molecule has 2 unspecified atom stereocenters. The van der Waals surface area contributed by atoms with Crippen LogP contribution in [0.5, 0.6) is 5.75 Å². The highest BCUT2D eigenvalue weighted by Gasteiger charge is 2.44. The lowest BCUT2D eigenvalue weighted by Gasteiger charge is -2.39. The number of pyridine rings is 2. The van der Waals surface area contributed by atoms with Crippen LogP contribution in [0.25, 0.3) is 0 Å². The average Bonchev–Trinajstić information content (AvgIpc) is 2.97. The summed E-state index contributed by atoms with van der Waals surface area (Å²) in [5, 5.41) is 0. The smallest absolute Gasteiger partial charge is 0.138 e. The molecule has 0 aliphatic carbocycles. The van der Waals surface area contributed by atoms with Crippen LogP contribution >= 0.6 is 0 Å². The third-order valence-electron chi connectivity index (χ3n) is 5.06. The Labute approximate surface area is 149 Å². The Morgan fingerprint density at radius 3 is 3.12 bits per heavy atom. The van der Waals surface area contributed by atoms with Crippen molar-refractivity contribution in [2.24, 2.45) is 0 Å². The third kappa shape index (κ3) is 3.99. The fourth-order valence-electron chi connectivity index (χ4n) is 4.01. The first-order valence-electron chi connectivity index (χ1n) is 9.06. The maximum Gasteiger partial charge on any atom is 0.138 e. The van der Waals surface area contributed by atoms with E-state index in [2.05, 4.69) is 27.0 Å². The van der Waals surface area contributed by atoms with Gasteiger partial charge >= 0.3 is 0 Å². The van der Waals surface area contributed by atoms with Crippen LogP contribution < -0.4 is 4.74 Å². The van der Waals surface area contributed by atoms with Crippen LogP contribution in [0.3, 0.4) is 0 Å². The predicted octanol–water partition coefficient (Wildman–Crippen LogP) is 2.99. The Morgan fingerprint density at radius 2 is 2.28 bits per heavy atom. The molecule has 4 rings (SSSR count). The lowest BCUT2D eigenvalue weighted by molar-refractivity contribution is -0.0540. The van der Waals surface area contributed by atoms with Gasteiger partial charge in [0.15, 0.2) is 0 Å². The van der Waals surface area contributed by atoms with Gasteiger partial charge in [-0.25, -0.2) is 0 Å². The van der Waals surface area contributed by atoms with E-state index in [1.165, 1.54) is 0 Å². The van der Waals surface area contributed by atoms with Crippen molar-refractivity contribution in [1.82, 2.24) is 14.9 Å². The molecule has 0 bridgehead atoms. The molecule has 2 atom stereocenters. The standard InChI is InChI=1S/C20H25N3O2/c1-16-5-2-6-17(22-16)13-23-10-4-8-20(15-23)11-19(14-24-20)25-18-7-3-9-21-12-18/h2-3,5-7,9,12,19H,4,8,10-11,13-15H2,1H3. The van der Waals surface area contributed by atoms with Gasteiger partial charge in [0.25, 0.3) is 0 Å². The SMILES string of the molecule is Cc1cccc(CN2CCCC3(CC(Oc4cccnc4)CO3)C2)n1. The molecule has 0 N–H and O–H groups in total. The number of piperidine rings is 1. The molecule has 4 heterocycles. The third-order valence-corrected chi connectivity index (χ3v) is 5.06. The van der Waals surface area contributed by atoms with E-state index < -0.39 is 0 Å². The Bertz CT molecular complexity index is 709. The monoisotopic (exact) mass is 339 g/mol. The average molecular weight is 339 g/mol. The number of hydrogen-bond donors (Lipinski definition) is 0. The van der Waals surface area contributed by atoms with Crippen LogP contribution in [-0.4, -0.2) is 46.3 Å². The molecule has 2 aliphatic rings. The van der Waals surface area contributed by atoms with E-state index in [0.29, 0.717) is 6.61 Å². The highest BCUT2D eigenvalue weighted by molar-refractivity contribution is 5.16. The summed E-state index contributed by atoms with van der Waals surface area (Å²) >= 11 is 0. The van der Waals surface area contributed by atoms with Crippen molar-refractivity contribution >= 4 is 0 Å². The second kappa shape index (κ2) is 7.10. The minimum atomic E-state index is -0.0745. The van der Waals surface area contributed by atoms with Crippen molar-refractivity contribution in [2.75, 3.05) is 19.7 Å². The number of aryl methyl sites for hydroxylation is 1. The first-order valence-corrected chi connectivity index (χ1v) is 9.06. The molecule has 5 heteroatoms. The summed E-state index contributed by atoms with van der Waals surface area (Å²) in [7, 11) is 0. The van der Waals surface area contributed by atoms with E-state index in [0.717, 1.165) is 56.0 Å². The van der Waals surface area contributed by atoms with Crippen LogP contribution in [-0.2, 0) is 11.3 Å². The fourth-order valence-corrected chi connectivity index (χ4v) is 4.01. The molecule has 5 nitrogen and oxygen atoms in total. The molecular weight excluding hydrogens is 314 g/mol. The maximum atomic E-state index is 6.25. The van der Waals surface area contributed by atoms with Crippen molar-refractivity contribution in [3.8, 4) is 5.75 Å². The highest BCUT2D eigenvalue weighted by Crippen LogP contribution is 2.36. The van der Waals surface area contributed by atoms with E-state index in [9.17, 15) is 0 Å². The molecule has 132 valence electrons. The van der Waals surface area contributed by atoms with Crippen molar-refractivity contribution in [3.63, 3.8) is 0 Å². The molecule has 25 heavy (non-hydrogen) atoms. The zero-order valence-corrected chi connectivity index (χ0v) is 14.7. The van der Waals surface area contributed by atoms with Gasteiger partial charge in [0.1, 0.15) is 11.9 Å². The quantitative estimate of drug-likeness (QED) is 0.857. The zero-order valence-electron chi connectivity index (χ0n) is 14.7.